The van der Waals surface area contributed by atoms with Gasteiger partial charge in [-0.25, -0.2) is 4.98 Å². The van der Waals surface area contributed by atoms with E-state index in [2.05, 4.69) is 17.2 Å². The predicted octanol–water partition coefficient (Wildman–Crippen LogP) is 1.91. The molecule has 1 aromatic heterocycles. The number of piperidine rings is 1. The Bertz CT molecular complexity index is 332. The first-order chi connectivity index (χ1) is 7.18. The molecule has 1 aliphatic rings. The van der Waals surface area contributed by atoms with Crippen molar-refractivity contribution < 1.29 is 4.74 Å². The van der Waals surface area contributed by atoms with Crippen LogP contribution in [0, 0.1) is 6.92 Å². The summed E-state index contributed by atoms with van der Waals surface area (Å²) < 4.78 is 5.97. The maximum Gasteiger partial charge on any atom is 0.213 e. The number of ether oxygens (including phenoxy) is 1. The topological polar surface area (TPSA) is 34.1 Å². The summed E-state index contributed by atoms with van der Waals surface area (Å²) in [5, 5.41) is 3.34. The lowest BCUT2D eigenvalue weighted by molar-refractivity contribution is 0.0507. The fourth-order valence-electron chi connectivity index (χ4n) is 1.89. The number of aromatic nitrogens is 1. The van der Waals surface area contributed by atoms with Gasteiger partial charge in [0.05, 0.1) is 0 Å². The van der Waals surface area contributed by atoms with Gasteiger partial charge in [-0.2, -0.15) is 0 Å². The van der Waals surface area contributed by atoms with E-state index >= 15 is 0 Å². The van der Waals surface area contributed by atoms with Crippen LogP contribution < -0.4 is 10.1 Å². The van der Waals surface area contributed by atoms with E-state index in [1.807, 2.05) is 25.1 Å². The summed E-state index contributed by atoms with van der Waals surface area (Å²) >= 11 is 0. The standard InChI is InChI=1S/C12H18N2O/c1-10-4-3-5-11(14-10)15-12(2)6-8-13-9-7-12/h3-5,13H,6-9H2,1-2H3. The largest absolute Gasteiger partial charge is 0.471 e. The number of hydrogen-bond donors (Lipinski definition) is 1. The number of pyridine rings is 1. The van der Waals surface area contributed by atoms with E-state index < -0.39 is 0 Å². The van der Waals surface area contributed by atoms with E-state index in [-0.39, 0.29) is 5.60 Å². The van der Waals surface area contributed by atoms with E-state index in [0.29, 0.717) is 0 Å². The van der Waals surface area contributed by atoms with E-state index in [4.69, 9.17) is 4.74 Å². The Balaban J connectivity index is 2.06. The number of nitrogens with zero attached hydrogens (tertiary/aromatic N) is 1. The van der Waals surface area contributed by atoms with Gasteiger partial charge in [0.2, 0.25) is 5.88 Å². The third-order valence-corrected chi connectivity index (χ3v) is 2.87. The number of nitrogens with one attached hydrogen (secondary N) is 1. The molecular formula is C12H18N2O. The van der Waals surface area contributed by atoms with E-state index in [9.17, 15) is 0 Å². The summed E-state index contributed by atoms with van der Waals surface area (Å²) in [6.45, 7) is 6.21. The molecule has 3 nitrogen and oxygen atoms in total. The fourth-order valence-corrected chi connectivity index (χ4v) is 1.89. The van der Waals surface area contributed by atoms with Crippen LogP contribution >= 0.6 is 0 Å². The lowest BCUT2D eigenvalue weighted by Gasteiger charge is -2.34. The van der Waals surface area contributed by atoms with Crippen LogP contribution in [0.3, 0.4) is 0 Å². The molecule has 0 aliphatic carbocycles. The van der Waals surface area contributed by atoms with Crippen LogP contribution in [-0.2, 0) is 0 Å². The maximum absolute atomic E-state index is 5.97. The molecule has 3 heteroatoms. The SMILES string of the molecule is Cc1cccc(OC2(C)CCNCC2)n1. The minimum Gasteiger partial charge on any atom is -0.471 e. The van der Waals surface area contributed by atoms with Crippen LogP contribution in [0.25, 0.3) is 0 Å². The van der Waals surface area contributed by atoms with Gasteiger partial charge in [-0.1, -0.05) is 6.07 Å². The lowest BCUT2D eigenvalue weighted by atomic mass is 9.95. The first kappa shape index (κ1) is 10.4. The van der Waals surface area contributed by atoms with E-state index in [1.54, 1.807) is 0 Å². The molecule has 1 saturated heterocycles. The zero-order valence-corrected chi connectivity index (χ0v) is 9.42. The minimum atomic E-state index is -0.0496. The van der Waals surface area contributed by atoms with Gasteiger partial charge < -0.3 is 10.1 Å². The second-order valence-corrected chi connectivity index (χ2v) is 4.42. The van der Waals surface area contributed by atoms with Crippen LogP contribution in [0.2, 0.25) is 0 Å². The summed E-state index contributed by atoms with van der Waals surface area (Å²) in [4.78, 5) is 4.37. The Hall–Kier alpha value is -1.09. The first-order valence-electron chi connectivity index (χ1n) is 5.51. The fraction of sp³-hybridized carbons (Fsp3) is 0.583. The van der Waals surface area contributed by atoms with Gasteiger partial charge in [0.1, 0.15) is 5.60 Å². The highest BCUT2D eigenvalue weighted by Gasteiger charge is 2.28. The van der Waals surface area contributed by atoms with Crippen LogP contribution in [-0.4, -0.2) is 23.7 Å². The summed E-state index contributed by atoms with van der Waals surface area (Å²) in [5.41, 5.74) is 0.955. The van der Waals surface area contributed by atoms with E-state index in [1.165, 1.54) is 0 Å². The van der Waals surface area contributed by atoms with Gasteiger partial charge in [-0.15, -0.1) is 0 Å². The summed E-state index contributed by atoms with van der Waals surface area (Å²) in [6.07, 6.45) is 2.09. The molecule has 15 heavy (non-hydrogen) atoms. The summed E-state index contributed by atoms with van der Waals surface area (Å²) in [6, 6.07) is 5.90. The molecule has 1 aromatic rings. The van der Waals surface area contributed by atoms with Crippen molar-refractivity contribution in [3.05, 3.63) is 23.9 Å². The second kappa shape index (κ2) is 4.19. The van der Waals surface area contributed by atoms with Crippen molar-refractivity contribution in [2.24, 2.45) is 0 Å². The Morgan fingerprint density at radius 1 is 1.33 bits per heavy atom. The van der Waals surface area contributed by atoms with Crippen molar-refractivity contribution in [3.63, 3.8) is 0 Å². The van der Waals surface area contributed by atoms with Gasteiger partial charge >= 0.3 is 0 Å². The molecule has 2 heterocycles. The van der Waals surface area contributed by atoms with Crippen molar-refractivity contribution in [2.75, 3.05) is 13.1 Å². The van der Waals surface area contributed by atoms with Crippen molar-refractivity contribution >= 4 is 0 Å². The molecular weight excluding hydrogens is 188 g/mol. The molecule has 0 amide bonds. The molecule has 1 aliphatic heterocycles. The monoisotopic (exact) mass is 206 g/mol. The summed E-state index contributed by atoms with van der Waals surface area (Å²) in [7, 11) is 0. The average molecular weight is 206 g/mol. The molecule has 0 radical (unpaired) electrons. The van der Waals surface area contributed by atoms with Crippen molar-refractivity contribution in [1.29, 1.82) is 0 Å². The Labute approximate surface area is 90.9 Å². The lowest BCUT2D eigenvalue weighted by Crippen LogP contribution is -2.44. The number of aryl methyl sites for hydroxylation is 1. The predicted molar refractivity (Wildman–Crippen MR) is 60.1 cm³/mol. The summed E-state index contributed by atoms with van der Waals surface area (Å²) in [5.74, 6) is 0.749. The average Bonchev–Trinajstić information content (AvgIpc) is 2.18. The highest BCUT2D eigenvalue weighted by atomic mass is 16.5. The highest BCUT2D eigenvalue weighted by molar-refractivity contribution is 5.15. The zero-order chi connectivity index (χ0) is 10.7. The molecule has 2 rings (SSSR count). The molecule has 0 aromatic carbocycles. The Morgan fingerprint density at radius 2 is 2.07 bits per heavy atom. The molecule has 1 fully saturated rings. The van der Waals surface area contributed by atoms with Crippen molar-refractivity contribution in [2.45, 2.75) is 32.3 Å². The third kappa shape index (κ3) is 2.69. The van der Waals surface area contributed by atoms with Gasteiger partial charge in [0, 0.05) is 11.8 Å². The van der Waals surface area contributed by atoms with Crippen LogP contribution in [0.15, 0.2) is 18.2 Å². The highest BCUT2D eigenvalue weighted by Crippen LogP contribution is 2.24. The smallest absolute Gasteiger partial charge is 0.213 e. The van der Waals surface area contributed by atoms with Crippen LogP contribution in [0.1, 0.15) is 25.5 Å². The Kier molecular flexibility index (Phi) is 2.91. The number of hydrogen-bond acceptors (Lipinski definition) is 3. The quantitative estimate of drug-likeness (QED) is 0.802. The van der Waals surface area contributed by atoms with Crippen molar-refractivity contribution in [1.82, 2.24) is 10.3 Å². The molecule has 1 N–H and O–H groups in total. The van der Waals surface area contributed by atoms with Gasteiger partial charge in [0.15, 0.2) is 0 Å². The van der Waals surface area contributed by atoms with Gasteiger partial charge in [-0.05, 0) is 45.8 Å². The first-order valence-corrected chi connectivity index (χ1v) is 5.51. The minimum absolute atomic E-state index is 0.0496. The van der Waals surface area contributed by atoms with Gasteiger partial charge in [-0.3, -0.25) is 0 Å². The molecule has 82 valence electrons. The normalized spacial score (nSPS) is 19.9. The Morgan fingerprint density at radius 3 is 2.73 bits per heavy atom. The molecule has 0 atom stereocenters. The zero-order valence-electron chi connectivity index (χ0n) is 9.42. The molecule has 0 spiro atoms. The van der Waals surface area contributed by atoms with Crippen LogP contribution in [0.4, 0.5) is 0 Å². The number of rotatable bonds is 2. The van der Waals surface area contributed by atoms with Crippen molar-refractivity contribution in [3.8, 4) is 5.88 Å². The van der Waals surface area contributed by atoms with Gasteiger partial charge in [0.25, 0.3) is 0 Å². The maximum atomic E-state index is 5.97. The van der Waals surface area contributed by atoms with Crippen LogP contribution in [0.5, 0.6) is 5.88 Å². The third-order valence-electron chi connectivity index (χ3n) is 2.87. The molecule has 0 bridgehead atoms. The molecule has 0 unspecified atom stereocenters. The second-order valence-electron chi connectivity index (χ2n) is 4.42. The van der Waals surface area contributed by atoms with E-state index in [0.717, 1.165) is 37.5 Å². The molecule has 0 saturated carbocycles.